The van der Waals surface area contributed by atoms with Crippen LogP contribution in [-0.2, 0) is 4.79 Å². The predicted octanol–water partition coefficient (Wildman–Crippen LogP) is 3.67. The number of allylic oxidation sites excluding steroid dienone is 1. The Balaban J connectivity index is 1.78. The lowest BCUT2D eigenvalue weighted by Crippen LogP contribution is -2.06. The highest BCUT2D eigenvalue weighted by molar-refractivity contribution is 6.14. The molecule has 3 rings (SSSR count). The number of carbonyl (C=O) groups is 2. The Morgan fingerprint density at radius 1 is 1.08 bits per heavy atom. The fourth-order valence-electron chi connectivity index (χ4n) is 2.42. The van der Waals surface area contributed by atoms with Crippen LogP contribution in [0.15, 0.2) is 48.2 Å². The Bertz CT molecular complexity index is 834. The Morgan fingerprint density at radius 2 is 1.80 bits per heavy atom. The molecule has 1 heterocycles. The molecule has 0 unspecified atom stereocenters. The van der Waals surface area contributed by atoms with Crippen molar-refractivity contribution in [2.45, 2.75) is 13.8 Å². The van der Waals surface area contributed by atoms with E-state index in [1.54, 1.807) is 24.3 Å². The molecule has 0 radical (unpaired) electrons. The highest BCUT2D eigenvalue weighted by Crippen LogP contribution is 2.35. The molecule has 5 heteroatoms. The first-order valence-corrected chi connectivity index (χ1v) is 8.00. The van der Waals surface area contributed by atoms with E-state index in [0.717, 1.165) is 11.3 Å². The Morgan fingerprint density at radius 3 is 2.48 bits per heavy atom. The number of rotatable bonds is 6. The first-order chi connectivity index (χ1) is 12.1. The van der Waals surface area contributed by atoms with Gasteiger partial charge >= 0.3 is 0 Å². The third-order valence-corrected chi connectivity index (χ3v) is 3.57. The zero-order valence-electron chi connectivity index (χ0n) is 14.1. The highest BCUT2D eigenvalue weighted by atomic mass is 16.5. The molecule has 5 nitrogen and oxygen atoms in total. The van der Waals surface area contributed by atoms with Gasteiger partial charge in [0.15, 0.2) is 11.5 Å². The van der Waals surface area contributed by atoms with Crippen LogP contribution in [0.1, 0.15) is 29.8 Å². The minimum Gasteiger partial charge on any atom is -0.494 e. The topological polar surface area (TPSA) is 61.8 Å². The van der Waals surface area contributed by atoms with Crippen LogP contribution in [0.2, 0.25) is 0 Å². The lowest BCUT2D eigenvalue weighted by molar-refractivity contribution is -0.118. The normalized spacial score (nSPS) is 14.2. The molecular weight excluding hydrogens is 320 g/mol. The zero-order chi connectivity index (χ0) is 17.8. The van der Waals surface area contributed by atoms with Gasteiger partial charge in [0.05, 0.1) is 12.2 Å². The molecule has 0 bridgehead atoms. The maximum atomic E-state index is 12.4. The zero-order valence-corrected chi connectivity index (χ0v) is 14.1. The van der Waals surface area contributed by atoms with E-state index in [1.807, 2.05) is 31.2 Å². The third kappa shape index (κ3) is 3.88. The van der Waals surface area contributed by atoms with Gasteiger partial charge in [-0.05, 0) is 49.8 Å². The molecule has 0 atom stereocenters. The van der Waals surface area contributed by atoms with E-state index >= 15 is 0 Å². The van der Waals surface area contributed by atoms with Crippen LogP contribution in [-0.4, -0.2) is 24.8 Å². The van der Waals surface area contributed by atoms with Crippen LogP contribution >= 0.6 is 0 Å². The van der Waals surface area contributed by atoms with E-state index in [2.05, 4.69) is 0 Å². The number of ketones is 2. The molecule has 1 aliphatic heterocycles. The van der Waals surface area contributed by atoms with Crippen LogP contribution in [0.3, 0.4) is 0 Å². The molecular formula is C20H18O5. The van der Waals surface area contributed by atoms with E-state index in [4.69, 9.17) is 14.2 Å². The average Bonchev–Trinajstić information content (AvgIpc) is 2.90. The third-order valence-electron chi connectivity index (χ3n) is 3.57. The van der Waals surface area contributed by atoms with Gasteiger partial charge in [0.2, 0.25) is 5.78 Å². The largest absolute Gasteiger partial charge is 0.494 e. The molecule has 0 amide bonds. The predicted molar refractivity (Wildman–Crippen MR) is 93.2 cm³/mol. The Labute approximate surface area is 145 Å². The van der Waals surface area contributed by atoms with Crippen molar-refractivity contribution in [1.29, 1.82) is 0 Å². The Hall–Kier alpha value is -3.08. The molecule has 128 valence electrons. The van der Waals surface area contributed by atoms with Crippen LogP contribution in [0.25, 0.3) is 6.08 Å². The summed E-state index contributed by atoms with van der Waals surface area (Å²) in [4.78, 5) is 23.4. The van der Waals surface area contributed by atoms with E-state index < -0.39 is 0 Å². The molecule has 1 aliphatic rings. The van der Waals surface area contributed by atoms with Crippen LogP contribution in [0, 0.1) is 0 Å². The van der Waals surface area contributed by atoms with Gasteiger partial charge in [0.1, 0.15) is 23.9 Å². The summed E-state index contributed by atoms with van der Waals surface area (Å²) >= 11 is 0. The second-order valence-electron chi connectivity index (χ2n) is 5.59. The van der Waals surface area contributed by atoms with E-state index in [1.165, 1.54) is 6.92 Å². The molecule has 2 aromatic rings. The van der Waals surface area contributed by atoms with Crippen molar-refractivity contribution >= 4 is 17.6 Å². The van der Waals surface area contributed by atoms with Crippen LogP contribution in [0.4, 0.5) is 0 Å². The van der Waals surface area contributed by atoms with Crippen molar-refractivity contribution in [1.82, 2.24) is 0 Å². The highest BCUT2D eigenvalue weighted by Gasteiger charge is 2.27. The number of carbonyl (C=O) groups excluding carboxylic acids is 2. The maximum absolute atomic E-state index is 12.4. The fraction of sp³-hybridized carbons (Fsp3) is 0.200. The number of hydrogen-bond acceptors (Lipinski definition) is 5. The number of ether oxygens (including phenoxy) is 3. The molecule has 0 spiro atoms. The first-order valence-electron chi connectivity index (χ1n) is 8.00. The lowest BCUT2D eigenvalue weighted by atomic mass is 10.1. The van der Waals surface area contributed by atoms with E-state index in [-0.39, 0.29) is 23.9 Å². The van der Waals surface area contributed by atoms with Gasteiger partial charge in [0, 0.05) is 6.07 Å². The number of hydrogen-bond donors (Lipinski definition) is 0. The van der Waals surface area contributed by atoms with Crippen molar-refractivity contribution in [3.05, 3.63) is 59.4 Å². The number of Topliss-reactive ketones (excluding diaryl/α,β-unsaturated/α-hetero) is 2. The SMILES string of the molecule is CCOc1ccc(/C=C2/Oc3cc(OCC(C)=O)ccc3C2=O)cc1. The average molecular weight is 338 g/mol. The quantitative estimate of drug-likeness (QED) is 0.752. The minimum absolute atomic E-state index is 0.0123. The molecule has 0 fully saturated rings. The molecule has 2 aromatic carbocycles. The summed E-state index contributed by atoms with van der Waals surface area (Å²) in [5.74, 6) is 1.70. The van der Waals surface area contributed by atoms with Crippen molar-refractivity contribution in [3.63, 3.8) is 0 Å². The van der Waals surface area contributed by atoms with E-state index in [9.17, 15) is 9.59 Å². The molecule has 0 aromatic heterocycles. The second-order valence-corrected chi connectivity index (χ2v) is 5.59. The minimum atomic E-state index is -0.179. The maximum Gasteiger partial charge on any atom is 0.231 e. The van der Waals surface area contributed by atoms with Crippen molar-refractivity contribution < 1.29 is 23.8 Å². The summed E-state index contributed by atoms with van der Waals surface area (Å²) in [5.41, 5.74) is 1.32. The van der Waals surface area contributed by atoms with Crippen molar-refractivity contribution in [2.24, 2.45) is 0 Å². The molecule has 0 saturated carbocycles. The molecule has 25 heavy (non-hydrogen) atoms. The van der Waals surface area contributed by atoms with Crippen LogP contribution < -0.4 is 14.2 Å². The summed E-state index contributed by atoms with van der Waals surface area (Å²) in [6.07, 6.45) is 1.69. The summed E-state index contributed by atoms with van der Waals surface area (Å²) in [7, 11) is 0. The van der Waals surface area contributed by atoms with Gasteiger partial charge in [-0.15, -0.1) is 0 Å². The Kier molecular flexibility index (Phi) is 4.84. The summed E-state index contributed by atoms with van der Waals surface area (Å²) < 4.78 is 16.4. The smallest absolute Gasteiger partial charge is 0.231 e. The van der Waals surface area contributed by atoms with Gasteiger partial charge in [-0.3, -0.25) is 9.59 Å². The fourth-order valence-corrected chi connectivity index (χ4v) is 2.42. The number of benzene rings is 2. The second kappa shape index (κ2) is 7.21. The van der Waals surface area contributed by atoms with E-state index in [0.29, 0.717) is 23.7 Å². The molecule has 0 aliphatic carbocycles. The van der Waals surface area contributed by atoms with Crippen molar-refractivity contribution in [3.8, 4) is 17.2 Å². The van der Waals surface area contributed by atoms with Gasteiger partial charge in [-0.1, -0.05) is 12.1 Å². The van der Waals surface area contributed by atoms with Crippen LogP contribution in [0.5, 0.6) is 17.2 Å². The monoisotopic (exact) mass is 338 g/mol. The summed E-state index contributed by atoms with van der Waals surface area (Å²) in [5, 5.41) is 0. The summed E-state index contributed by atoms with van der Waals surface area (Å²) in [6, 6.07) is 12.3. The van der Waals surface area contributed by atoms with Gasteiger partial charge < -0.3 is 14.2 Å². The number of fused-ring (bicyclic) bond motifs is 1. The molecule has 0 N–H and O–H groups in total. The summed E-state index contributed by atoms with van der Waals surface area (Å²) in [6.45, 7) is 3.96. The standard InChI is InChI=1S/C20H18O5/c1-3-23-15-6-4-14(5-7-15)10-19-20(22)17-9-8-16(11-18(17)25-19)24-12-13(2)21/h4-11H,3,12H2,1-2H3/b19-10+. The van der Waals surface area contributed by atoms with Gasteiger partial charge in [-0.2, -0.15) is 0 Å². The van der Waals surface area contributed by atoms with Crippen molar-refractivity contribution in [2.75, 3.05) is 13.2 Å². The molecule has 0 saturated heterocycles. The lowest BCUT2D eigenvalue weighted by Gasteiger charge is -2.05. The van der Waals surface area contributed by atoms with Gasteiger partial charge in [0.25, 0.3) is 0 Å². The van der Waals surface area contributed by atoms with Gasteiger partial charge in [-0.25, -0.2) is 0 Å². The first kappa shape index (κ1) is 16.8.